The van der Waals surface area contributed by atoms with E-state index in [9.17, 15) is 18.0 Å². The Morgan fingerprint density at radius 2 is 1.90 bits per heavy atom. The Bertz CT molecular complexity index is 846. The van der Waals surface area contributed by atoms with Gasteiger partial charge in [-0.1, -0.05) is 26.0 Å². The van der Waals surface area contributed by atoms with E-state index in [1.807, 2.05) is 13.8 Å². The minimum Gasteiger partial charge on any atom is -0.444 e. The fourth-order valence-corrected chi connectivity index (χ4v) is 4.33. The molecule has 9 heteroatoms. The maximum atomic E-state index is 12.9. The Morgan fingerprint density at radius 1 is 1.24 bits per heavy atom. The van der Waals surface area contributed by atoms with Crippen molar-refractivity contribution >= 4 is 27.7 Å². The predicted octanol–water partition coefficient (Wildman–Crippen LogP) is 2.96. The number of para-hydroxylation sites is 1. The number of sulfonamides is 1. The van der Waals surface area contributed by atoms with E-state index >= 15 is 0 Å². The summed E-state index contributed by atoms with van der Waals surface area (Å²) in [7, 11) is -3.78. The lowest BCUT2D eigenvalue weighted by atomic mass is 10.2. The van der Waals surface area contributed by atoms with E-state index in [1.54, 1.807) is 32.9 Å². The van der Waals surface area contributed by atoms with Crippen LogP contribution in [0.1, 0.15) is 47.5 Å². The molecule has 1 aliphatic rings. The third-order valence-electron chi connectivity index (χ3n) is 4.30. The number of carbonyl (C=O) groups is 2. The molecule has 0 unspecified atom stereocenters. The van der Waals surface area contributed by atoms with Crippen molar-refractivity contribution in [2.24, 2.45) is 5.92 Å². The Balaban J connectivity index is 2.18. The van der Waals surface area contributed by atoms with Gasteiger partial charge in [-0.2, -0.15) is 0 Å². The molecule has 0 saturated carbocycles. The van der Waals surface area contributed by atoms with Crippen LogP contribution in [0.15, 0.2) is 29.2 Å². The first-order valence-electron chi connectivity index (χ1n) is 9.80. The van der Waals surface area contributed by atoms with Gasteiger partial charge in [0.1, 0.15) is 16.5 Å². The summed E-state index contributed by atoms with van der Waals surface area (Å²) in [4.78, 5) is 26.7. The molecule has 1 aromatic rings. The average molecular weight is 426 g/mol. The number of nitrogens with zero attached hydrogens (tertiary/aromatic N) is 1. The maximum Gasteiger partial charge on any atom is 0.410 e. The van der Waals surface area contributed by atoms with Crippen molar-refractivity contribution < 1.29 is 22.7 Å². The summed E-state index contributed by atoms with van der Waals surface area (Å²) in [6.07, 6.45) is 0.619. The standard InChI is InChI=1S/C20H31N3O5S/c1-14(2)13-21-29(26,27)17-11-7-6-9-15(17)22-18(24)16-10-8-12-23(16)19(25)28-20(3,4)5/h6-7,9,11,14,16,21H,8,10,12-13H2,1-5H3,(H,22,24)/t16-/m0/s1. The Hall–Kier alpha value is -2.13. The minimum absolute atomic E-state index is 0.00388. The highest BCUT2D eigenvalue weighted by Crippen LogP contribution is 2.25. The van der Waals surface area contributed by atoms with Crippen LogP contribution in [-0.4, -0.2) is 50.1 Å². The van der Waals surface area contributed by atoms with Crippen molar-refractivity contribution in [2.75, 3.05) is 18.4 Å². The molecule has 8 nitrogen and oxygen atoms in total. The Labute approximate surface area is 173 Å². The molecule has 1 aliphatic heterocycles. The van der Waals surface area contributed by atoms with Gasteiger partial charge >= 0.3 is 6.09 Å². The summed E-state index contributed by atoms with van der Waals surface area (Å²) < 4.78 is 33.2. The molecule has 29 heavy (non-hydrogen) atoms. The molecule has 1 atom stereocenters. The van der Waals surface area contributed by atoms with Gasteiger partial charge < -0.3 is 10.1 Å². The second kappa shape index (κ2) is 9.13. The van der Waals surface area contributed by atoms with Gasteiger partial charge in [0.05, 0.1) is 5.69 Å². The fraction of sp³-hybridized carbons (Fsp3) is 0.600. The van der Waals surface area contributed by atoms with Crippen LogP contribution >= 0.6 is 0 Å². The van der Waals surface area contributed by atoms with Crippen molar-refractivity contribution in [3.63, 3.8) is 0 Å². The van der Waals surface area contributed by atoms with E-state index in [-0.39, 0.29) is 16.5 Å². The molecule has 1 heterocycles. The lowest BCUT2D eigenvalue weighted by Gasteiger charge is -2.28. The molecular formula is C20H31N3O5S. The number of benzene rings is 1. The van der Waals surface area contributed by atoms with Crippen LogP contribution in [0, 0.1) is 5.92 Å². The van der Waals surface area contributed by atoms with Gasteiger partial charge in [0, 0.05) is 13.1 Å². The number of nitrogens with one attached hydrogen (secondary N) is 2. The normalized spacial score (nSPS) is 17.4. The molecule has 0 spiro atoms. The highest BCUT2D eigenvalue weighted by molar-refractivity contribution is 7.89. The molecule has 2 rings (SSSR count). The number of anilines is 1. The summed E-state index contributed by atoms with van der Waals surface area (Å²) in [6, 6.07) is 5.52. The van der Waals surface area contributed by atoms with E-state index in [1.165, 1.54) is 17.0 Å². The second-order valence-corrected chi connectivity index (χ2v) is 10.3. The zero-order valence-corrected chi connectivity index (χ0v) is 18.5. The largest absolute Gasteiger partial charge is 0.444 e. The van der Waals surface area contributed by atoms with Gasteiger partial charge in [-0.25, -0.2) is 17.9 Å². The van der Waals surface area contributed by atoms with E-state index in [2.05, 4.69) is 10.0 Å². The Kier molecular flexibility index (Phi) is 7.29. The molecule has 0 radical (unpaired) electrons. The van der Waals surface area contributed by atoms with E-state index in [4.69, 9.17) is 4.74 Å². The van der Waals surface area contributed by atoms with Crippen LogP contribution < -0.4 is 10.0 Å². The molecule has 0 aliphatic carbocycles. The van der Waals surface area contributed by atoms with Crippen LogP contribution in [0.25, 0.3) is 0 Å². The smallest absolute Gasteiger partial charge is 0.410 e. The first-order valence-corrected chi connectivity index (χ1v) is 11.3. The van der Waals surface area contributed by atoms with Crippen LogP contribution in [0.2, 0.25) is 0 Å². The number of hydrogen-bond donors (Lipinski definition) is 2. The number of rotatable bonds is 6. The number of likely N-dealkylation sites (tertiary alicyclic amines) is 1. The monoisotopic (exact) mass is 425 g/mol. The first kappa shape index (κ1) is 23.2. The van der Waals surface area contributed by atoms with Crippen molar-refractivity contribution in [2.45, 2.75) is 64.0 Å². The average Bonchev–Trinajstić information content (AvgIpc) is 3.09. The van der Waals surface area contributed by atoms with Gasteiger partial charge in [0.25, 0.3) is 0 Å². The molecule has 2 N–H and O–H groups in total. The van der Waals surface area contributed by atoms with Crippen molar-refractivity contribution in [3.05, 3.63) is 24.3 Å². The Morgan fingerprint density at radius 3 is 2.52 bits per heavy atom. The van der Waals surface area contributed by atoms with Crippen molar-refractivity contribution in [1.29, 1.82) is 0 Å². The minimum atomic E-state index is -3.78. The van der Waals surface area contributed by atoms with Gasteiger partial charge in [0.15, 0.2) is 0 Å². The molecular weight excluding hydrogens is 394 g/mol. The van der Waals surface area contributed by atoms with Gasteiger partial charge in [-0.3, -0.25) is 9.69 Å². The molecule has 162 valence electrons. The molecule has 0 bridgehead atoms. The second-order valence-electron chi connectivity index (χ2n) is 8.56. The molecule has 1 saturated heterocycles. The summed E-state index contributed by atoms with van der Waals surface area (Å²) in [5.74, 6) is -0.285. The first-order chi connectivity index (χ1) is 13.4. The van der Waals surface area contributed by atoms with Crippen LogP contribution in [0.5, 0.6) is 0 Å². The number of hydrogen-bond acceptors (Lipinski definition) is 5. The van der Waals surface area contributed by atoms with Crippen molar-refractivity contribution in [3.8, 4) is 0 Å². The van der Waals surface area contributed by atoms with Crippen LogP contribution in [0.3, 0.4) is 0 Å². The molecule has 1 aromatic carbocycles. The van der Waals surface area contributed by atoms with Gasteiger partial charge in [0.2, 0.25) is 15.9 Å². The lowest BCUT2D eigenvalue weighted by Crippen LogP contribution is -2.45. The highest BCUT2D eigenvalue weighted by atomic mass is 32.2. The quantitative estimate of drug-likeness (QED) is 0.729. The highest BCUT2D eigenvalue weighted by Gasteiger charge is 2.37. The van der Waals surface area contributed by atoms with Crippen LogP contribution in [0.4, 0.5) is 10.5 Å². The maximum absolute atomic E-state index is 12.9. The summed E-state index contributed by atoms with van der Waals surface area (Å²) in [5, 5.41) is 2.69. The molecule has 0 aromatic heterocycles. The number of amides is 2. The zero-order valence-electron chi connectivity index (χ0n) is 17.7. The summed E-state index contributed by atoms with van der Waals surface area (Å²) in [6.45, 7) is 9.82. The number of carbonyl (C=O) groups excluding carboxylic acids is 2. The van der Waals surface area contributed by atoms with Crippen LogP contribution in [-0.2, 0) is 19.6 Å². The third kappa shape index (κ3) is 6.43. The fourth-order valence-electron chi connectivity index (χ4n) is 2.95. The van der Waals surface area contributed by atoms with E-state index in [0.29, 0.717) is 25.9 Å². The number of ether oxygens (including phenoxy) is 1. The van der Waals surface area contributed by atoms with E-state index in [0.717, 1.165) is 0 Å². The molecule has 2 amide bonds. The molecule has 1 fully saturated rings. The lowest BCUT2D eigenvalue weighted by molar-refractivity contribution is -0.120. The topological polar surface area (TPSA) is 105 Å². The zero-order chi connectivity index (χ0) is 21.8. The predicted molar refractivity (Wildman–Crippen MR) is 111 cm³/mol. The van der Waals surface area contributed by atoms with Gasteiger partial charge in [-0.05, 0) is 51.7 Å². The summed E-state index contributed by atoms with van der Waals surface area (Å²) >= 11 is 0. The summed E-state index contributed by atoms with van der Waals surface area (Å²) in [5.41, 5.74) is -0.478. The third-order valence-corrected chi connectivity index (χ3v) is 5.78. The van der Waals surface area contributed by atoms with Crippen molar-refractivity contribution in [1.82, 2.24) is 9.62 Å². The van der Waals surface area contributed by atoms with E-state index < -0.39 is 33.7 Å². The van der Waals surface area contributed by atoms with Gasteiger partial charge in [-0.15, -0.1) is 0 Å². The SMILES string of the molecule is CC(C)CNS(=O)(=O)c1ccccc1NC(=O)[C@@H]1CCCN1C(=O)OC(C)(C)C.